The third-order valence-corrected chi connectivity index (χ3v) is 2.07. The van der Waals surface area contributed by atoms with E-state index >= 15 is 0 Å². The average molecular weight is 213 g/mol. The summed E-state index contributed by atoms with van der Waals surface area (Å²) in [4.78, 5) is 0. The highest BCUT2D eigenvalue weighted by molar-refractivity contribution is 5.39. The van der Waals surface area contributed by atoms with Crippen LogP contribution in [0.2, 0.25) is 0 Å². The van der Waals surface area contributed by atoms with Crippen molar-refractivity contribution in [3.8, 4) is 18.0 Å². The van der Waals surface area contributed by atoms with Gasteiger partial charge in [0, 0.05) is 0 Å². The van der Waals surface area contributed by atoms with Crippen molar-refractivity contribution in [2.75, 3.05) is 5.32 Å². The van der Waals surface area contributed by atoms with Gasteiger partial charge in [-0.1, -0.05) is 29.2 Å². The van der Waals surface area contributed by atoms with E-state index in [1.165, 1.54) is 0 Å². The Hall–Kier alpha value is -2.35. The Balaban J connectivity index is 2.30. The van der Waals surface area contributed by atoms with Crippen LogP contribution in [0, 0.1) is 12.3 Å². The molecule has 1 atom stereocenters. The molecule has 0 aliphatic rings. The maximum absolute atomic E-state index is 5.29. The van der Waals surface area contributed by atoms with E-state index in [4.69, 9.17) is 6.42 Å². The molecule has 5 nitrogen and oxygen atoms in total. The molecule has 16 heavy (non-hydrogen) atoms. The Morgan fingerprint density at radius 1 is 1.38 bits per heavy atom. The summed E-state index contributed by atoms with van der Waals surface area (Å²) in [6, 6.07) is 9.50. The fraction of sp³-hybridized carbons (Fsp3) is 0.182. The first-order valence-electron chi connectivity index (χ1n) is 4.87. The summed E-state index contributed by atoms with van der Waals surface area (Å²) in [5, 5.41) is 14.4. The van der Waals surface area contributed by atoms with Gasteiger partial charge in [0.15, 0.2) is 0 Å². The van der Waals surface area contributed by atoms with E-state index in [2.05, 4.69) is 26.8 Å². The lowest BCUT2D eigenvalue weighted by atomic mass is 10.3. The number of para-hydroxylation sites is 1. The van der Waals surface area contributed by atoms with Gasteiger partial charge in [-0.2, -0.15) is 4.68 Å². The molecule has 0 spiro atoms. The van der Waals surface area contributed by atoms with Gasteiger partial charge in [0.2, 0.25) is 5.95 Å². The van der Waals surface area contributed by atoms with Crippen LogP contribution in [0.15, 0.2) is 30.3 Å². The topological polar surface area (TPSA) is 55.6 Å². The normalized spacial score (nSPS) is 11.8. The second-order valence-electron chi connectivity index (χ2n) is 3.28. The Morgan fingerprint density at radius 3 is 2.81 bits per heavy atom. The van der Waals surface area contributed by atoms with Crippen LogP contribution in [0.25, 0.3) is 5.69 Å². The minimum absolute atomic E-state index is 0.117. The lowest BCUT2D eigenvalue weighted by Crippen LogP contribution is -2.16. The summed E-state index contributed by atoms with van der Waals surface area (Å²) in [5.74, 6) is 3.10. The van der Waals surface area contributed by atoms with Crippen molar-refractivity contribution in [2.24, 2.45) is 0 Å². The Kier molecular flexibility index (Phi) is 2.83. The second-order valence-corrected chi connectivity index (χ2v) is 3.28. The van der Waals surface area contributed by atoms with E-state index < -0.39 is 0 Å². The number of hydrogen-bond donors (Lipinski definition) is 1. The minimum Gasteiger partial charge on any atom is -0.339 e. The van der Waals surface area contributed by atoms with E-state index in [0.717, 1.165) is 5.69 Å². The molecule has 0 bridgehead atoms. The molecule has 5 heteroatoms. The molecule has 0 saturated heterocycles. The number of terminal acetylenes is 1. The molecule has 0 aliphatic carbocycles. The van der Waals surface area contributed by atoms with Crippen LogP contribution >= 0.6 is 0 Å². The molecule has 1 N–H and O–H groups in total. The van der Waals surface area contributed by atoms with Gasteiger partial charge in [-0.25, -0.2) is 0 Å². The molecule has 1 aromatic heterocycles. The molecule has 2 rings (SSSR count). The van der Waals surface area contributed by atoms with Crippen molar-refractivity contribution < 1.29 is 0 Å². The highest BCUT2D eigenvalue weighted by Gasteiger charge is 2.08. The van der Waals surface area contributed by atoms with Crippen molar-refractivity contribution >= 4 is 5.95 Å². The van der Waals surface area contributed by atoms with Crippen LogP contribution in [0.3, 0.4) is 0 Å². The quantitative estimate of drug-likeness (QED) is 0.775. The van der Waals surface area contributed by atoms with E-state index in [1.807, 2.05) is 37.3 Å². The third kappa shape index (κ3) is 2.01. The van der Waals surface area contributed by atoms with E-state index in [9.17, 15) is 0 Å². The third-order valence-electron chi connectivity index (χ3n) is 2.07. The van der Waals surface area contributed by atoms with Crippen LogP contribution < -0.4 is 5.32 Å². The lowest BCUT2D eigenvalue weighted by molar-refractivity contribution is 0.788. The van der Waals surface area contributed by atoms with E-state index in [-0.39, 0.29) is 6.04 Å². The number of anilines is 1. The number of benzene rings is 1. The minimum atomic E-state index is -0.117. The van der Waals surface area contributed by atoms with Gasteiger partial charge in [0.25, 0.3) is 0 Å². The van der Waals surface area contributed by atoms with Gasteiger partial charge in [0.1, 0.15) is 0 Å². The largest absolute Gasteiger partial charge is 0.339 e. The zero-order chi connectivity index (χ0) is 11.4. The Bertz CT molecular complexity index is 497. The zero-order valence-electron chi connectivity index (χ0n) is 8.83. The molecule has 0 saturated carbocycles. The molecule has 2 aromatic rings. The van der Waals surface area contributed by atoms with Gasteiger partial charge in [0.05, 0.1) is 11.7 Å². The highest BCUT2D eigenvalue weighted by atomic mass is 15.6. The smallest absolute Gasteiger partial charge is 0.248 e. The van der Waals surface area contributed by atoms with Crippen molar-refractivity contribution in [2.45, 2.75) is 13.0 Å². The molecule has 0 aliphatic heterocycles. The molecule has 0 amide bonds. The first-order valence-corrected chi connectivity index (χ1v) is 4.87. The van der Waals surface area contributed by atoms with Crippen molar-refractivity contribution in [3.63, 3.8) is 0 Å². The molecule has 80 valence electrons. The summed E-state index contributed by atoms with van der Waals surface area (Å²) in [6.45, 7) is 1.87. The van der Waals surface area contributed by atoms with E-state index in [1.54, 1.807) is 4.68 Å². The SMILES string of the molecule is C#CC(C)Nc1nnnn1-c1ccccc1. The number of aromatic nitrogens is 4. The monoisotopic (exact) mass is 213 g/mol. The van der Waals surface area contributed by atoms with Gasteiger partial charge in [-0.05, 0) is 29.5 Å². The summed E-state index contributed by atoms with van der Waals surface area (Å²) in [6.07, 6.45) is 5.29. The first-order chi connectivity index (χ1) is 7.81. The molecular formula is C11H11N5. The second kappa shape index (κ2) is 4.45. The fourth-order valence-corrected chi connectivity index (χ4v) is 1.26. The number of nitrogens with one attached hydrogen (secondary N) is 1. The number of tetrazole rings is 1. The first kappa shape index (κ1) is 10.2. The lowest BCUT2D eigenvalue weighted by Gasteiger charge is -2.08. The van der Waals surface area contributed by atoms with Crippen molar-refractivity contribution in [3.05, 3.63) is 30.3 Å². The number of nitrogens with zero attached hydrogens (tertiary/aromatic N) is 4. The van der Waals surface area contributed by atoms with Crippen LogP contribution in [0.4, 0.5) is 5.95 Å². The van der Waals surface area contributed by atoms with Gasteiger partial charge in [-0.15, -0.1) is 6.42 Å². The van der Waals surface area contributed by atoms with Crippen molar-refractivity contribution in [1.29, 1.82) is 0 Å². The van der Waals surface area contributed by atoms with Crippen molar-refractivity contribution in [1.82, 2.24) is 20.2 Å². The molecule has 1 heterocycles. The number of hydrogen-bond acceptors (Lipinski definition) is 4. The molecule has 1 aromatic carbocycles. The highest BCUT2D eigenvalue weighted by Crippen LogP contribution is 2.10. The Morgan fingerprint density at radius 2 is 2.12 bits per heavy atom. The molecule has 0 radical (unpaired) electrons. The predicted octanol–water partition coefficient (Wildman–Crippen LogP) is 1.10. The van der Waals surface area contributed by atoms with E-state index in [0.29, 0.717) is 5.95 Å². The van der Waals surface area contributed by atoms with Gasteiger partial charge >= 0.3 is 0 Å². The molecule has 0 fully saturated rings. The summed E-state index contributed by atoms with van der Waals surface area (Å²) >= 11 is 0. The average Bonchev–Trinajstić information content (AvgIpc) is 2.78. The number of rotatable bonds is 3. The zero-order valence-corrected chi connectivity index (χ0v) is 8.83. The fourth-order valence-electron chi connectivity index (χ4n) is 1.26. The van der Waals surface area contributed by atoms with Crippen LogP contribution in [-0.4, -0.2) is 26.2 Å². The maximum Gasteiger partial charge on any atom is 0.248 e. The maximum atomic E-state index is 5.29. The summed E-state index contributed by atoms with van der Waals surface area (Å²) < 4.78 is 1.60. The predicted molar refractivity (Wildman–Crippen MR) is 61.1 cm³/mol. The summed E-state index contributed by atoms with van der Waals surface area (Å²) in [5.41, 5.74) is 0.888. The van der Waals surface area contributed by atoms with Gasteiger partial charge in [-0.3, -0.25) is 0 Å². The summed E-state index contributed by atoms with van der Waals surface area (Å²) in [7, 11) is 0. The van der Waals surface area contributed by atoms with Crippen LogP contribution in [-0.2, 0) is 0 Å². The standard InChI is InChI=1S/C11H11N5/c1-3-9(2)12-11-13-14-15-16(11)10-7-5-4-6-8-10/h1,4-9H,2H3,(H,12,13,15). The molecule has 1 unspecified atom stereocenters. The van der Waals surface area contributed by atoms with Gasteiger partial charge < -0.3 is 5.32 Å². The van der Waals surface area contributed by atoms with Crippen LogP contribution in [0.5, 0.6) is 0 Å². The van der Waals surface area contributed by atoms with Crippen LogP contribution in [0.1, 0.15) is 6.92 Å². The molecular weight excluding hydrogens is 202 g/mol. The Labute approximate surface area is 93.5 Å².